The molecule has 6 nitrogen and oxygen atoms in total. The van der Waals surface area contributed by atoms with Gasteiger partial charge >= 0.3 is 0 Å². The highest BCUT2D eigenvalue weighted by atomic mass is 16.5. The highest BCUT2D eigenvalue weighted by Gasteiger charge is 2.38. The normalized spacial score (nSPS) is 19.3. The van der Waals surface area contributed by atoms with Gasteiger partial charge in [0.05, 0.1) is 24.4 Å². The first-order valence-corrected chi connectivity index (χ1v) is 7.43. The Morgan fingerprint density at radius 1 is 1.19 bits per heavy atom. The number of nitrogens with zero attached hydrogens (tertiary/aromatic N) is 5. The lowest BCUT2D eigenvalue weighted by Crippen LogP contribution is -2.50. The van der Waals surface area contributed by atoms with Crippen molar-refractivity contribution in [3.05, 3.63) is 36.2 Å². The maximum atomic E-state index is 5.47. The molecular weight excluding hydrogens is 266 g/mol. The van der Waals surface area contributed by atoms with E-state index >= 15 is 0 Å². The number of ether oxygens (including phenoxy) is 1. The van der Waals surface area contributed by atoms with E-state index in [4.69, 9.17) is 4.74 Å². The third kappa shape index (κ3) is 2.56. The molecule has 1 aliphatic heterocycles. The molecular formula is C15H21N5O. The third-order valence-corrected chi connectivity index (χ3v) is 4.35. The standard InChI is InChI=1S/C15H21N5O/c1-3-15(2,19-9-11-21-12-10-19)14-16-17-18-20(14)13-7-5-4-6-8-13/h4-8H,3,9-12H2,1-2H3/t15-/m1/s1. The fourth-order valence-electron chi connectivity index (χ4n) is 2.85. The van der Waals surface area contributed by atoms with Gasteiger partial charge < -0.3 is 4.74 Å². The quantitative estimate of drug-likeness (QED) is 0.855. The van der Waals surface area contributed by atoms with Crippen LogP contribution in [0.2, 0.25) is 0 Å². The molecule has 1 atom stereocenters. The zero-order valence-corrected chi connectivity index (χ0v) is 12.6. The first-order valence-electron chi connectivity index (χ1n) is 7.43. The predicted molar refractivity (Wildman–Crippen MR) is 79.2 cm³/mol. The number of morpholine rings is 1. The van der Waals surface area contributed by atoms with Crippen molar-refractivity contribution < 1.29 is 4.74 Å². The summed E-state index contributed by atoms with van der Waals surface area (Å²) in [6.07, 6.45) is 0.945. The minimum absolute atomic E-state index is 0.191. The molecule has 0 N–H and O–H groups in total. The summed E-state index contributed by atoms with van der Waals surface area (Å²) in [5.74, 6) is 0.887. The van der Waals surface area contributed by atoms with Crippen LogP contribution in [0.3, 0.4) is 0 Å². The number of benzene rings is 1. The Bertz CT molecular complexity index is 579. The van der Waals surface area contributed by atoms with E-state index in [2.05, 4.69) is 34.3 Å². The van der Waals surface area contributed by atoms with E-state index in [0.717, 1.165) is 44.2 Å². The molecule has 1 aliphatic rings. The molecule has 3 rings (SSSR count). The lowest BCUT2D eigenvalue weighted by atomic mass is 9.94. The molecule has 0 amide bonds. The van der Waals surface area contributed by atoms with E-state index in [9.17, 15) is 0 Å². The van der Waals surface area contributed by atoms with Crippen molar-refractivity contribution in [3.8, 4) is 5.69 Å². The van der Waals surface area contributed by atoms with Crippen molar-refractivity contribution >= 4 is 0 Å². The van der Waals surface area contributed by atoms with Crippen LogP contribution in [0.15, 0.2) is 30.3 Å². The summed E-state index contributed by atoms with van der Waals surface area (Å²) < 4.78 is 7.32. The van der Waals surface area contributed by atoms with Gasteiger partial charge in [0.1, 0.15) is 0 Å². The lowest BCUT2D eigenvalue weighted by Gasteiger charge is -2.41. The van der Waals surface area contributed by atoms with E-state index in [1.165, 1.54) is 0 Å². The molecule has 0 saturated carbocycles. The van der Waals surface area contributed by atoms with Crippen molar-refractivity contribution in [2.45, 2.75) is 25.8 Å². The fourth-order valence-corrected chi connectivity index (χ4v) is 2.85. The van der Waals surface area contributed by atoms with Crippen molar-refractivity contribution in [1.29, 1.82) is 0 Å². The van der Waals surface area contributed by atoms with Gasteiger partial charge in [0.25, 0.3) is 0 Å². The monoisotopic (exact) mass is 287 g/mol. The highest BCUT2D eigenvalue weighted by Crippen LogP contribution is 2.31. The fraction of sp³-hybridized carbons (Fsp3) is 0.533. The first-order chi connectivity index (χ1) is 10.3. The molecule has 0 bridgehead atoms. The van der Waals surface area contributed by atoms with Gasteiger partial charge in [0.15, 0.2) is 5.82 Å². The van der Waals surface area contributed by atoms with Gasteiger partial charge in [-0.25, -0.2) is 0 Å². The van der Waals surface area contributed by atoms with Crippen molar-refractivity contribution in [2.24, 2.45) is 0 Å². The summed E-state index contributed by atoms with van der Waals surface area (Å²) in [6, 6.07) is 10.0. The SMILES string of the molecule is CC[C@](C)(c1nnnn1-c1ccccc1)N1CCOCC1. The van der Waals surface area contributed by atoms with Gasteiger partial charge in [-0.15, -0.1) is 5.10 Å². The minimum Gasteiger partial charge on any atom is -0.379 e. The summed E-state index contributed by atoms with van der Waals surface area (Å²) in [5, 5.41) is 12.4. The van der Waals surface area contributed by atoms with Gasteiger partial charge in [0, 0.05) is 13.1 Å². The molecule has 21 heavy (non-hydrogen) atoms. The van der Waals surface area contributed by atoms with Crippen LogP contribution in [0.1, 0.15) is 26.1 Å². The van der Waals surface area contributed by atoms with E-state index < -0.39 is 0 Å². The number of hydrogen-bond donors (Lipinski definition) is 0. The average Bonchev–Trinajstić information content (AvgIpc) is 3.06. The highest BCUT2D eigenvalue weighted by molar-refractivity contribution is 5.31. The lowest BCUT2D eigenvalue weighted by molar-refractivity contribution is -0.0240. The zero-order valence-electron chi connectivity index (χ0n) is 12.6. The van der Waals surface area contributed by atoms with E-state index in [1.54, 1.807) is 0 Å². The Hall–Kier alpha value is -1.79. The van der Waals surface area contributed by atoms with Crippen LogP contribution in [-0.4, -0.2) is 51.4 Å². The molecule has 0 unspecified atom stereocenters. The molecule has 0 radical (unpaired) electrons. The summed E-state index contributed by atoms with van der Waals surface area (Å²) in [5.41, 5.74) is 0.800. The smallest absolute Gasteiger partial charge is 0.176 e. The molecule has 2 aromatic rings. The van der Waals surface area contributed by atoms with E-state index in [-0.39, 0.29) is 5.54 Å². The van der Waals surface area contributed by atoms with Crippen LogP contribution >= 0.6 is 0 Å². The van der Waals surface area contributed by atoms with Crippen LogP contribution < -0.4 is 0 Å². The number of tetrazole rings is 1. The molecule has 1 saturated heterocycles. The Morgan fingerprint density at radius 3 is 2.57 bits per heavy atom. The second kappa shape index (κ2) is 5.91. The summed E-state index contributed by atoms with van der Waals surface area (Å²) in [4.78, 5) is 2.42. The molecule has 0 aliphatic carbocycles. The number of aromatic nitrogens is 4. The van der Waals surface area contributed by atoms with Crippen LogP contribution in [0.4, 0.5) is 0 Å². The van der Waals surface area contributed by atoms with Gasteiger partial charge in [0.2, 0.25) is 0 Å². The number of hydrogen-bond acceptors (Lipinski definition) is 5. The topological polar surface area (TPSA) is 56.1 Å². The Balaban J connectivity index is 2.00. The van der Waals surface area contributed by atoms with Crippen LogP contribution in [-0.2, 0) is 10.3 Å². The largest absolute Gasteiger partial charge is 0.379 e. The Kier molecular flexibility index (Phi) is 3.98. The van der Waals surface area contributed by atoms with E-state index in [0.29, 0.717) is 0 Å². The van der Waals surface area contributed by atoms with Crippen LogP contribution in [0.5, 0.6) is 0 Å². The molecule has 112 valence electrons. The summed E-state index contributed by atoms with van der Waals surface area (Å²) in [6.45, 7) is 7.74. The second-order valence-electron chi connectivity index (χ2n) is 5.48. The Morgan fingerprint density at radius 2 is 1.90 bits per heavy atom. The maximum absolute atomic E-state index is 5.47. The summed E-state index contributed by atoms with van der Waals surface area (Å²) in [7, 11) is 0. The van der Waals surface area contributed by atoms with Gasteiger partial charge in [-0.2, -0.15) is 4.68 Å². The minimum atomic E-state index is -0.191. The van der Waals surface area contributed by atoms with Crippen molar-refractivity contribution in [2.75, 3.05) is 26.3 Å². The third-order valence-electron chi connectivity index (χ3n) is 4.35. The number of para-hydroxylation sites is 1. The maximum Gasteiger partial charge on any atom is 0.176 e. The van der Waals surface area contributed by atoms with Crippen molar-refractivity contribution in [1.82, 2.24) is 25.1 Å². The van der Waals surface area contributed by atoms with Gasteiger partial charge in [-0.05, 0) is 35.9 Å². The first kappa shape index (κ1) is 14.2. The van der Waals surface area contributed by atoms with Gasteiger partial charge in [-0.1, -0.05) is 25.1 Å². The molecule has 1 aromatic carbocycles. The molecule has 0 spiro atoms. The van der Waals surface area contributed by atoms with Crippen LogP contribution in [0, 0.1) is 0 Å². The Labute approximate surface area is 124 Å². The van der Waals surface area contributed by atoms with Crippen molar-refractivity contribution in [3.63, 3.8) is 0 Å². The van der Waals surface area contributed by atoms with Gasteiger partial charge in [-0.3, -0.25) is 4.90 Å². The molecule has 1 fully saturated rings. The molecule has 1 aromatic heterocycles. The summed E-state index contributed by atoms with van der Waals surface area (Å²) >= 11 is 0. The zero-order chi connectivity index (χ0) is 14.7. The average molecular weight is 287 g/mol. The predicted octanol–water partition coefficient (Wildman–Crippen LogP) is 1.62. The van der Waals surface area contributed by atoms with E-state index in [1.807, 2.05) is 35.0 Å². The second-order valence-corrected chi connectivity index (χ2v) is 5.48. The molecule has 6 heteroatoms. The number of rotatable bonds is 4. The van der Waals surface area contributed by atoms with Crippen LogP contribution in [0.25, 0.3) is 5.69 Å². The molecule has 2 heterocycles.